The molecule has 0 radical (unpaired) electrons. The molecule has 17 N–H and O–H groups in total. The van der Waals surface area contributed by atoms with E-state index in [9.17, 15) is 86.8 Å². The zero-order valence-corrected chi connectivity index (χ0v) is 53.0. The molecular weight excluding hydrogens is 1220 g/mol. The number of carbonyl (C=O) groups excluding carboxylic acids is 1. The number of hydrogen-bond donors (Lipinski definition) is 17. The zero-order chi connectivity index (χ0) is 66.9. The summed E-state index contributed by atoms with van der Waals surface area (Å²) in [5.74, 6) is -1.40. The summed E-state index contributed by atoms with van der Waals surface area (Å²) >= 11 is 0. The molecule has 11 aliphatic rings. The molecule has 30 nitrogen and oxygen atoms in total. The minimum Gasteiger partial charge on any atom is -0.432 e. The van der Waals surface area contributed by atoms with Gasteiger partial charge in [-0.2, -0.15) is 0 Å². The molecule has 528 valence electrons. The Morgan fingerprint density at radius 1 is 0.543 bits per heavy atom. The zero-order valence-electron chi connectivity index (χ0n) is 53.0. The lowest BCUT2D eigenvalue weighted by Gasteiger charge is -2.72. The number of aliphatic hydroxyl groups is 17. The Hall–Kier alpha value is -1.91. The molecule has 92 heavy (non-hydrogen) atoms. The summed E-state index contributed by atoms with van der Waals surface area (Å²) in [7, 11) is 0. The number of allylic oxidation sites excluding steroid dienone is 2. The van der Waals surface area contributed by atoms with Gasteiger partial charge in [-0.05, 0) is 104 Å². The lowest BCUT2D eigenvalue weighted by Crippen LogP contribution is -2.70. The molecule has 0 aromatic carbocycles. The summed E-state index contributed by atoms with van der Waals surface area (Å²) in [6, 6.07) is 0. The third-order valence-electron chi connectivity index (χ3n) is 24.3. The Bertz CT molecular complexity index is 2610. The van der Waals surface area contributed by atoms with Gasteiger partial charge in [0.25, 0.3) is 0 Å². The van der Waals surface area contributed by atoms with E-state index in [-0.39, 0.29) is 29.6 Å². The Morgan fingerprint density at radius 3 is 1.72 bits per heavy atom. The first-order valence-electron chi connectivity index (χ1n) is 32.5. The van der Waals surface area contributed by atoms with Crippen LogP contribution >= 0.6 is 0 Å². The van der Waals surface area contributed by atoms with Crippen LogP contribution in [-0.4, -0.2) is 304 Å². The van der Waals surface area contributed by atoms with Crippen molar-refractivity contribution in [1.82, 2.24) is 0 Å². The highest BCUT2D eigenvalue weighted by atomic mass is 16.8. The highest BCUT2D eigenvalue weighted by Gasteiger charge is 2.72. The first-order valence-corrected chi connectivity index (χ1v) is 32.5. The van der Waals surface area contributed by atoms with Gasteiger partial charge in [0.15, 0.2) is 37.6 Å². The number of fused-ring (bicyclic) bond motifs is 7. The maximum absolute atomic E-state index is 15.6. The summed E-state index contributed by atoms with van der Waals surface area (Å²) in [6.45, 7) is 10.2. The number of ether oxygens (including phenoxy) is 12. The van der Waals surface area contributed by atoms with Crippen LogP contribution in [0.3, 0.4) is 0 Å². The van der Waals surface area contributed by atoms with Gasteiger partial charge in [0.1, 0.15) is 103 Å². The minimum absolute atomic E-state index is 0.0963. The fraction of sp³-hybridized carbons (Fsp3) is 0.952. The van der Waals surface area contributed by atoms with E-state index in [0.29, 0.717) is 51.4 Å². The van der Waals surface area contributed by atoms with Crippen LogP contribution in [0.15, 0.2) is 11.6 Å². The van der Waals surface area contributed by atoms with E-state index < -0.39 is 245 Å². The highest BCUT2D eigenvalue weighted by Crippen LogP contribution is 2.76. The normalized spacial score (nSPS) is 55.3. The molecule has 4 saturated carbocycles. The minimum atomic E-state index is -2.18. The molecule has 30 heteroatoms. The van der Waals surface area contributed by atoms with Crippen LogP contribution < -0.4 is 0 Å². The molecule has 0 amide bonds. The lowest BCUT2D eigenvalue weighted by atomic mass is 9.33. The van der Waals surface area contributed by atoms with E-state index in [1.165, 1.54) is 6.92 Å². The van der Waals surface area contributed by atoms with Gasteiger partial charge in [0.05, 0.1) is 70.0 Å². The molecular formula is C62H100O30. The van der Waals surface area contributed by atoms with Crippen LogP contribution in [0, 0.1) is 50.2 Å². The standard InChI is InChI=1S/C62H100O30/c1-25-43(87-49-39(74)35(70)29(67)19-81-49)45(89-54-47(78)62(80,23-65)24-84-54)42(77)51(85-25)90-46-37(72)31(69)21-83-53(46)92-55(79)61-14-12-56(2,3)16-27(61)26-8-9-34-57(4)17-28(66)48(58(5,22-64)33(57)10-11-60(34,7)59(26,6)13-15-61)91-52-41(76)44(38(73)32(18-63)86-52)88-50-40(75)36(71)30(68)20-82-50/h8,25,27-54,63-78,80H,9-24H2,1-7H3/t25-,27-,28-,29+,30+,31-,32+,33+,34+,35-,36-,37-,38+,39+,40+,41+,42+,43-,44-,45-,46+,47-,48-,49-,50-,51-,52-,53-,54-,57-,58-,59+,60+,61-,62+/m0/s1. The van der Waals surface area contributed by atoms with Crippen molar-refractivity contribution in [3.05, 3.63) is 11.6 Å². The second-order valence-electron chi connectivity index (χ2n) is 30.2. The van der Waals surface area contributed by atoms with Crippen molar-refractivity contribution in [2.24, 2.45) is 50.2 Å². The number of hydrogen-bond acceptors (Lipinski definition) is 30. The molecule has 11 rings (SSSR count). The molecule has 0 spiro atoms. The molecule has 6 aliphatic heterocycles. The first-order chi connectivity index (χ1) is 43.2. The van der Waals surface area contributed by atoms with Crippen molar-refractivity contribution < 1.29 is 148 Å². The van der Waals surface area contributed by atoms with E-state index in [4.69, 9.17) is 56.8 Å². The Balaban J connectivity index is 0.828. The van der Waals surface area contributed by atoms with Crippen LogP contribution in [-0.2, 0) is 61.6 Å². The molecule has 0 aromatic rings. The van der Waals surface area contributed by atoms with Crippen LogP contribution in [0.25, 0.3) is 0 Å². The van der Waals surface area contributed by atoms with E-state index in [1.54, 1.807) is 0 Å². The monoisotopic (exact) mass is 1320 g/mol. The molecule has 6 heterocycles. The van der Waals surface area contributed by atoms with Crippen LogP contribution in [0.4, 0.5) is 0 Å². The van der Waals surface area contributed by atoms with Crippen LogP contribution in [0.5, 0.6) is 0 Å². The first kappa shape index (κ1) is 71.4. The Labute approximate surface area is 532 Å². The van der Waals surface area contributed by atoms with Gasteiger partial charge in [-0.1, -0.05) is 53.2 Å². The van der Waals surface area contributed by atoms with Gasteiger partial charge < -0.3 is 144 Å². The number of carbonyl (C=O) groups is 1. The third kappa shape index (κ3) is 11.9. The lowest BCUT2D eigenvalue weighted by molar-refractivity contribution is -0.381. The average Bonchev–Trinajstić information content (AvgIpc) is 0.734. The molecule has 5 aliphatic carbocycles. The molecule has 35 atom stereocenters. The SMILES string of the molecule is C[C@@H]1O[C@@H](O[C@H]2[C@H](OC(=O)[C@]34CCC(C)(C)C[C@H]3C3=CC[C@@H]5[C@@]6(C)C[C@H](O)[C@H](O[C@@H]7O[C@H](CO)[C@@H](O)[C@H](O[C@@H]8OC[C@@H](O)[C@H](O)[C@H]8O)[C@H]7O)[C@@](C)(CO)[C@@H]6CC[C@@]5(C)[C@]3(C)CC4)OC[C@H](O)[C@@H]2O)[C@H](O)[C@H](O[C@@H]2OC[C@](O)(CO)[C@H]2O)[C@H]1O[C@@H]1OC[C@@H](O)[C@H](O)[C@H]1O. The Kier molecular flexibility index (Phi) is 20.4. The highest BCUT2D eigenvalue weighted by molar-refractivity contribution is 5.79. The largest absolute Gasteiger partial charge is 0.432 e. The second-order valence-corrected chi connectivity index (χ2v) is 30.2. The molecule has 0 unspecified atom stereocenters. The van der Waals surface area contributed by atoms with Crippen LogP contribution in [0.2, 0.25) is 0 Å². The quantitative estimate of drug-likeness (QED) is 0.0415. The fourth-order valence-corrected chi connectivity index (χ4v) is 18.5. The maximum Gasteiger partial charge on any atom is 0.315 e. The smallest absolute Gasteiger partial charge is 0.315 e. The molecule has 0 bridgehead atoms. The van der Waals surface area contributed by atoms with E-state index in [1.807, 2.05) is 6.92 Å². The summed E-state index contributed by atoms with van der Waals surface area (Å²) in [5, 5.41) is 187. The van der Waals surface area contributed by atoms with Gasteiger partial charge in [-0.3, -0.25) is 4.79 Å². The van der Waals surface area contributed by atoms with Crippen molar-refractivity contribution in [2.45, 2.75) is 272 Å². The maximum atomic E-state index is 15.6. The van der Waals surface area contributed by atoms with Gasteiger partial charge in [-0.15, -0.1) is 0 Å². The molecule has 10 fully saturated rings. The number of esters is 1. The van der Waals surface area contributed by atoms with Crippen molar-refractivity contribution in [3.8, 4) is 0 Å². The summed E-state index contributed by atoms with van der Waals surface area (Å²) < 4.78 is 71.7. The topological polar surface area (TPSA) is 472 Å². The van der Waals surface area contributed by atoms with Crippen molar-refractivity contribution in [1.29, 1.82) is 0 Å². The van der Waals surface area contributed by atoms with Crippen molar-refractivity contribution >= 4 is 5.97 Å². The number of aliphatic hydroxyl groups excluding tert-OH is 16. The number of rotatable bonds is 15. The van der Waals surface area contributed by atoms with Gasteiger partial charge >= 0.3 is 5.97 Å². The van der Waals surface area contributed by atoms with Crippen LogP contribution in [0.1, 0.15) is 106 Å². The Morgan fingerprint density at radius 2 is 1.11 bits per heavy atom. The summed E-state index contributed by atoms with van der Waals surface area (Å²) in [4.78, 5) is 15.6. The summed E-state index contributed by atoms with van der Waals surface area (Å²) in [6.07, 6.45) is -35.6. The molecule has 0 aromatic heterocycles. The predicted molar refractivity (Wildman–Crippen MR) is 305 cm³/mol. The van der Waals surface area contributed by atoms with Gasteiger partial charge in [0, 0.05) is 5.41 Å². The van der Waals surface area contributed by atoms with E-state index in [2.05, 4.69) is 40.7 Å². The fourth-order valence-electron chi connectivity index (χ4n) is 18.5. The molecule has 6 saturated heterocycles. The van der Waals surface area contributed by atoms with Crippen molar-refractivity contribution in [2.75, 3.05) is 46.2 Å². The third-order valence-corrected chi connectivity index (χ3v) is 24.3. The predicted octanol–water partition coefficient (Wildman–Crippen LogP) is -4.86. The summed E-state index contributed by atoms with van der Waals surface area (Å²) in [5.41, 5.74) is -5.28. The van der Waals surface area contributed by atoms with Crippen molar-refractivity contribution in [3.63, 3.8) is 0 Å². The van der Waals surface area contributed by atoms with Gasteiger partial charge in [0.2, 0.25) is 6.29 Å². The average molecular weight is 1330 g/mol. The van der Waals surface area contributed by atoms with Gasteiger partial charge in [-0.25, -0.2) is 0 Å². The van der Waals surface area contributed by atoms with E-state index in [0.717, 1.165) is 5.57 Å². The van der Waals surface area contributed by atoms with E-state index >= 15 is 4.79 Å². The second kappa shape index (κ2) is 26.3.